The Kier molecular flexibility index (Phi) is 3.93. The summed E-state index contributed by atoms with van der Waals surface area (Å²) in [6.07, 6.45) is 10.2. The Morgan fingerprint density at radius 3 is 2.73 bits per heavy atom. The fraction of sp³-hybridized carbons (Fsp3) is 0.440. The van der Waals surface area contributed by atoms with Crippen molar-refractivity contribution in [3.05, 3.63) is 63.1 Å². The van der Waals surface area contributed by atoms with Gasteiger partial charge in [0.25, 0.3) is 11.5 Å². The number of amides is 1. The number of benzene rings is 1. The number of hydrogen-bond donors (Lipinski definition) is 2. The van der Waals surface area contributed by atoms with Crippen LogP contribution in [-0.2, 0) is 6.42 Å². The van der Waals surface area contributed by atoms with Crippen LogP contribution in [0.1, 0.15) is 84.0 Å². The lowest BCUT2D eigenvalue weighted by molar-refractivity contribution is 0.0740. The highest BCUT2D eigenvalue weighted by Gasteiger charge is 2.42. The number of hydrogen-bond acceptors (Lipinski definition) is 4. The highest BCUT2D eigenvalue weighted by Crippen LogP contribution is 2.43. The predicted octanol–water partition coefficient (Wildman–Crippen LogP) is 3.68. The molecule has 8 heteroatoms. The van der Waals surface area contributed by atoms with E-state index in [2.05, 4.69) is 32.6 Å². The first-order valence-corrected chi connectivity index (χ1v) is 12.0. The molecule has 0 radical (unpaired) electrons. The van der Waals surface area contributed by atoms with Crippen molar-refractivity contribution < 1.29 is 4.79 Å². The fourth-order valence-electron chi connectivity index (χ4n) is 6.38. The van der Waals surface area contributed by atoms with E-state index in [0.29, 0.717) is 29.1 Å². The zero-order valence-electron chi connectivity index (χ0n) is 18.6. The van der Waals surface area contributed by atoms with Crippen molar-refractivity contribution >= 4 is 22.5 Å². The highest BCUT2D eigenvalue weighted by atomic mass is 16.2. The van der Waals surface area contributed by atoms with Gasteiger partial charge in [-0.2, -0.15) is 5.10 Å². The number of aromatic amines is 2. The van der Waals surface area contributed by atoms with Gasteiger partial charge in [0, 0.05) is 35.7 Å². The van der Waals surface area contributed by atoms with Crippen LogP contribution in [0.2, 0.25) is 0 Å². The minimum atomic E-state index is -0.163. The van der Waals surface area contributed by atoms with E-state index < -0.39 is 0 Å². The van der Waals surface area contributed by atoms with Crippen molar-refractivity contribution in [2.24, 2.45) is 5.92 Å². The van der Waals surface area contributed by atoms with Crippen LogP contribution in [0, 0.1) is 5.92 Å². The molecule has 2 N–H and O–H groups in total. The molecule has 0 saturated heterocycles. The van der Waals surface area contributed by atoms with E-state index in [4.69, 9.17) is 4.98 Å². The molecule has 3 aliphatic rings. The minimum absolute atomic E-state index is 0.0217. The average molecular weight is 443 g/mol. The molecule has 2 aliphatic heterocycles. The van der Waals surface area contributed by atoms with Crippen LogP contribution in [0.15, 0.2) is 29.3 Å². The highest BCUT2D eigenvalue weighted by molar-refractivity contribution is 6.03. The first kappa shape index (κ1) is 19.1. The van der Waals surface area contributed by atoms with Gasteiger partial charge in [-0.25, -0.2) is 4.98 Å². The van der Waals surface area contributed by atoms with Crippen molar-refractivity contribution in [2.45, 2.75) is 57.4 Å². The standard InChI is InChI=1S/C25H26N6O2/c1-2-13-3-5-14(6-4-13)23-26-12-21-24(32)28-19-9-16-15(10-20(19)31(21)23)22-17-11-27-29-18(17)7-8-30(22)25(16)33/h9-14,22H,2-8H2,1H3,(H,27,29)(H,28,32). The largest absolute Gasteiger partial charge is 0.327 e. The second-order valence-electron chi connectivity index (χ2n) is 9.83. The number of nitrogens with zero attached hydrogens (tertiary/aromatic N) is 4. The van der Waals surface area contributed by atoms with Gasteiger partial charge in [0.1, 0.15) is 11.3 Å². The van der Waals surface area contributed by atoms with E-state index in [1.807, 2.05) is 17.2 Å². The second kappa shape index (κ2) is 6.79. The quantitative estimate of drug-likeness (QED) is 0.495. The van der Waals surface area contributed by atoms with Crippen LogP contribution >= 0.6 is 0 Å². The van der Waals surface area contributed by atoms with Crippen LogP contribution in [-0.4, -0.2) is 41.9 Å². The van der Waals surface area contributed by atoms with Gasteiger partial charge in [-0.1, -0.05) is 13.3 Å². The SMILES string of the molecule is CCC1CCC(c2ncc3c(=O)[nH]c4cc5c(cc4n23)C2c3cn[nH]c3CCN2C5=O)CC1. The minimum Gasteiger partial charge on any atom is -0.327 e. The van der Waals surface area contributed by atoms with Crippen molar-refractivity contribution in [3.63, 3.8) is 0 Å². The zero-order chi connectivity index (χ0) is 22.3. The van der Waals surface area contributed by atoms with Crippen LogP contribution in [0.25, 0.3) is 16.6 Å². The summed E-state index contributed by atoms with van der Waals surface area (Å²) in [4.78, 5) is 35.9. The normalized spacial score (nSPS) is 24.3. The number of aromatic nitrogens is 5. The predicted molar refractivity (Wildman–Crippen MR) is 123 cm³/mol. The molecule has 7 rings (SSSR count). The molecule has 1 unspecified atom stereocenters. The smallest absolute Gasteiger partial charge is 0.274 e. The molecule has 1 saturated carbocycles. The molecule has 1 amide bonds. The van der Waals surface area contributed by atoms with Crippen molar-refractivity contribution in [3.8, 4) is 0 Å². The number of fused-ring (bicyclic) bond motifs is 8. The van der Waals surface area contributed by atoms with Gasteiger partial charge >= 0.3 is 0 Å². The van der Waals surface area contributed by atoms with Crippen LogP contribution < -0.4 is 5.56 Å². The average Bonchev–Trinajstić information content (AvgIpc) is 3.55. The Hall–Kier alpha value is -3.42. The maximum atomic E-state index is 13.3. The third-order valence-electron chi connectivity index (χ3n) is 8.21. The summed E-state index contributed by atoms with van der Waals surface area (Å²) < 4.78 is 2.05. The summed E-state index contributed by atoms with van der Waals surface area (Å²) in [6, 6.07) is 3.83. The molecule has 168 valence electrons. The first-order chi connectivity index (χ1) is 16.1. The molecule has 0 spiro atoms. The molecule has 3 aromatic heterocycles. The second-order valence-corrected chi connectivity index (χ2v) is 9.83. The van der Waals surface area contributed by atoms with Crippen LogP contribution in [0.3, 0.4) is 0 Å². The summed E-state index contributed by atoms with van der Waals surface area (Å²) in [5.41, 5.74) is 5.83. The summed E-state index contributed by atoms with van der Waals surface area (Å²) in [5.74, 6) is 2.14. The molecule has 0 bridgehead atoms. The Labute approximate surface area is 190 Å². The molecule has 1 aliphatic carbocycles. The lowest BCUT2D eigenvalue weighted by Crippen LogP contribution is -2.34. The third kappa shape index (κ3) is 2.57. The number of carbonyl (C=O) groups is 1. The lowest BCUT2D eigenvalue weighted by atomic mass is 9.80. The molecule has 4 aromatic rings. The number of H-pyrrole nitrogens is 2. The summed E-state index contributed by atoms with van der Waals surface area (Å²) >= 11 is 0. The first-order valence-electron chi connectivity index (χ1n) is 12.0. The summed E-state index contributed by atoms with van der Waals surface area (Å²) in [5, 5.41) is 7.34. The molecule has 1 fully saturated rings. The Morgan fingerprint density at radius 1 is 1.06 bits per heavy atom. The molecule has 1 atom stereocenters. The topological polar surface area (TPSA) is 99.2 Å². The van der Waals surface area contributed by atoms with Gasteiger partial charge in [-0.05, 0) is 49.3 Å². The number of imidazole rings is 1. The molecular weight excluding hydrogens is 416 g/mol. The Balaban J connectivity index is 1.45. The van der Waals surface area contributed by atoms with E-state index in [1.54, 1.807) is 6.20 Å². The molecular formula is C25H26N6O2. The maximum absolute atomic E-state index is 13.3. The van der Waals surface area contributed by atoms with Gasteiger partial charge in [0.15, 0.2) is 0 Å². The molecule has 33 heavy (non-hydrogen) atoms. The molecule has 5 heterocycles. The number of nitrogens with one attached hydrogen (secondary N) is 2. The van der Waals surface area contributed by atoms with Gasteiger partial charge < -0.3 is 9.88 Å². The van der Waals surface area contributed by atoms with Gasteiger partial charge in [-0.15, -0.1) is 0 Å². The summed E-state index contributed by atoms with van der Waals surface area (Å²) in [7, 11) is 0. The van der Waals surface area contributed by atoms with E-state index >= 15 is 0 Å². The monoisotopic (exact) mass is 442 g/mol. The number of carbonyl (C=O) groups excluding carboxylic acids is 1. The van der Waals surface area contributed by atoms with Crippen LogP contribution in [0.4, 0.5) is 0 Å². The maximum Gasteiger partial charge on any atom is 0.274 e. The van der Waals surface area contributed by atoms with E-state index in [9.17, 15) is 9.59 Å². The lowest BCUT2D eigenvalue weighted by Gasteiger charge is -2.29. The van der Waals surface area contributed by atoms with Gasteiger partial charge in [-0.3, -0.25) is 19.1 Å². The van der Waals surface area contributed by atoms with E-state index in [-0.39, 0.29) is 17.5 Å². The Bertz CT molecular complexity index is 1490. The molecule has 1 aromatic carbocycles. The third-order valence-corrected chi connectivity index (χ3v) is 8.21. The van der Waals surface area contributed by atoms with Crippen molar-refractivity contribution in [1.82, 2.24) is 29.5 Å². The van der Waals surface area contributed by atoms with Crippen LogP contribution in [0.5, 0.6) is 0 Å². The number of rotatable bonds is 2. The van der Waals surface area contributed by atoms with Gasteiger partial charge in [0.05, 0.1) is 29.5 Å². The van der Waals surface area contributed by atoms with Crippen molar-refractivity contribution in [1.29, 1.82) is 0 Å². The Morgan fingerprint density at radius 2 is 1.91 bits per heavy atom. The van der Waals surface area contributed by atoms with Gasteiger partial charge in [0.2, 0.25) is 0 Å². The van der Waals surface area contributed by atoms with Crippen molar-refractivity contribution in [2.75, 3.05) is 6.54 Å². The fourth-order valence-corrected chi connectivity index (χ4v) is 6.38. The van der Waals surface area contributed by atoms with E-state index in [0.717, 1.165) is 53.3 Å². The summed E-state index contributed by atoms with van der Waals surface area (Å²) in [6.45, 7) is 2.93. The van der Waals surface area contributed by atoms with E-state index in [1.165, 1.54) is 19.3 Å². The zero-order valence-corrected chi connectivity index (χ0v) is 18.6. The molecule has 8 nitrogen and oxygen atoms in total.